The van der Waals surface area contributed by atoms with Crippen LogP contribution in [0.5, 0.6) is 0 Å². The molecule has 1 aliphatic heterocycles. The third-order valence-electron chi connectivity index (χ3n) is 3.83. The Bertz CT molecular complexity index is 305. The minimum atomic E-state index is 0.0771. The van der Waals surface area contributed by atoms with E-state index in [0.717, 1.165) is 38.9 Å². The average molecular weight is 268 g/mol. The molecule has 2 amide bonds. The Morgan fingerprint density at radius 1 is 1.32 bits per heavy atom. The van der Waals surface area contributed by atoms with E-state index in [2.05, 4.69) is 13.8 Å². The van der Waals surface area contributed by atoms with Crippen molar-refractivity contribution in [2.24, 2.45) is 5.92 Å². The molecule has 4 nitrogen and oxygen atoms in total. The molecule has 1 heterocycles. The lowest BCUT2D eigenvalue weighted by atomic mass is 10.00. The number of unbranched alkanes of at least 4 members (excludes halogenated alkanes) is 1. The van der Waals surface area contributed by atoms with Gasteiger partial charge in [0, 0.05) is 39.5 Å². The highest BCUT2D eigenvalue weighted by Gasteiger charge is 2.21. The highest BCUT2D eigenvalue weighted by molar-refractivity contribution is 5.78. The summed E-state index contributed by atoms with van der Waals surface area (Å²) in [5.74, 6) is 0.893. The lowest BCUT2D eigenvalue weighted by molar-refractivity contribution is -0.134. The number of piperidine rings is 1. The van der Waals surface area contributed by atoms with Crippen LogP contribution >= 0.6 is 0 Å². The first-order valence-electron chi connectivity index (χ1n) is 7.57. The number of rotatable bonds is 6. The first-order chi connectivity index (χ1) is 9.04. The molecule has 0 aliphatic carbocycles. The predicted octanol–water partition coefficient (Wildman–Crippen LogP) is 2.28. The summed E-state index contributed by atoms with van der Waals surface area (Å²) in [7, 11) is 0. The quantitative estimate of drug-likeness (QED) is 0.741. The number of carbonyl (C=O) groups is 2. The van der Waals surface area contributed by atoms with E-state index in [4.69, 9.17) is 0 Å². The Balaban J connectivity index is 2.36. The van der Waals surface area contributed by atoms with Crippen LogP contribution < -0.4 is 0 Å². The molecule has 0 aromatic heterocycles. The fourth-order valence-electron chi connectivity index (χ4n) is 2.58. The molecule has 0 bridgehead atoms. The van der Waals surface area contributed by atoms with Crippen molar-refractivity contribution in [3.63, 3.8) is 0 Å². The predicted molar refractivity (Wildman–Crippen MR) is 76.8 cm³/mol. The lowest BCUT2D eigenvalue weighted by Gasteiger charge is -2.31. The number of likely N-dealkylation sites (tertiary alicyclic amines) is 1. The van der Waals surface area contributed by atoms with Crippen molar-refractivity contribution in [2.75, 3.05) is 26.2 Å². The minimum absolute atomic E-state index is 0.0771. The zero-order chi connectivity index (χ0) is 14.3. The number of hydrogen-bond donors (Lipinski definition) is 0. The van der Waals surface area contributed by atoms with Gasteiger partial charge in [0.25, 0.3) is 0 Å². The molecule has 0 spiro atoms. The second-order valence-electron chi connectivity index (χ2n) is 5.70. The van der Waals surface area contributed by atoms with Crippen molar-refractivity contribution < 1.29 is 9.59 Å². The smallest absolute Gasteiger partial charge is 0.224 e. The van der Waals surface area contributed by atoms with E-state index >= 15 is 0 Å². The molecule has 1 aliphatic rings. The molecule has 1 rings (SSSR count). The number of nitrogens with zero attached hydrogens (tertiary/aromatic N) is 2. The van der Waals surface area contributed by atoms with Crippen LogP contribution in [0, 0.1) is 5.92 Å². The van der Waals surface area contributed by atoms with Crippen LogP contribution in [0.25, 0.3) is 0 Å². The fourth-order valence-corrected chi connectivity index (χ4v) is 2.58. The molecule has 4 heteroatoms. The molecule has 1 fully saturated rings. The van der Waals surface area contributed by atoms with E-state index in [1.165, 1.54) is 6.42 Å². The van der Waals surface area contributed by atoms with Gasteiger partial charge < -0.3 is 9.80 Å². The van der Waals surface area contributed by atoms with Gasteiger partial charge in [0.15, 0.2) is 0 Å². The third kappa shape index (κ3) is 5.62. The molecule has 0 radical (unpaired) electrons. The summed E-state index contributed by atoms with van der Waals surface area (Å²) in [5.41, 5.74) is 0. The Morgan fingerprint density at radius 2 is 2.05 bits per heavy atom. The summed E-state index contributed by atoms with van der Waals surface area (Å²) in [6, 6.07) is 0. The molecule has 0 saturated carbocycles. The summed E-state index contributed by atoms with van der Waals surface area (Å²) >= 11 is 0. The SMILES string of the molecule is CCCCN(CCC(=O)N1CCCC(C)C1)C(C)=O. The molecule has 0 aromatic carbocycles. The molecule has 0 aromatic rings. The fraction of sp³-hybridized carbons (Fsp3) is 0.867. The van der Waals surface area contributed by atoms with Gasteiger partial charge in [0.05, 0.1) is 0 Å². The van der Waals surface area contributed by atoms with Crippen LogP contribution in [0.15, 0.2) is 0 Å². The van der Waals surface area contributed by atoms with E-state index in [-0.39, 0.29) is 11.8 Å². The molecule has 1 saturated heterocycles. The second kappa shape index (κ2) is 8.18. The lowest BCUT2D eigenvalue weighted by Crippen LogP contribution is -2.41. The van der Waals surface area contributed by atoms with Gasteiger partial charge in [-0.1, -0.05) is 20.3 Å². The third-order valence-corrected chi connectivity index (χ3v) is 3.83. The van der Waals surface area contributed by atoms with Crippen LogP contribution in [-0.4, -0.2) is 47.8 Å². The zero-order valence-corrected chi connectivity index (χ0v) is 12.7. The normalized spacial score (nSPS) is 19.3. The van der Waals surface area contributed by atoms with E-state index in [1.54, 1.807) is 11.8 Å². The van der Waals surface area contributed by atoms with Gasteiger partial charge in [0.1, 0.15) is 0 Å². The van der Waals surface area contributed by atoms with E-state index in [1.807, 2.05) is 4.90 Å². The standard InChI is InChI=1S/C15H28N2O2/c1-4-5-9-16(14(3)18)11-8-15(19)17-10-6-7-13(2)12-17/h13H,4-12H2,1-3H3. The topological polar surface area (TPSA) is 40.6 Å². The summed E-state index contributed by atoms with van der Waals surface area (Å²) < 4.78 is 0. The highest BCUT2D eigenvalue weighted by atomic mass is 16.2. The maximum absolute atomic E-state index is 12.1. The van der Waals surface area contributed by atoms with Gasteiger partial charge in [-0.25, -0.2) is 0 Å². The molecule has 110 valence electrons. The first-order valence-corrected chi connectivity index (χ1v) is 7.57. The van der Waals surface area contributed by atoms with Gasteiger partial charge >= 0.3 is 0 Å². The maximum Gasteiger partial charge on any atom is 0.224 e. The average Bonchev–Trinajstić information content (AvgIpc) is 2.38. The minimum Gasteiger partial charge on any atom is -0.342 e. The molecule has 1 atom stereocenters. The van der Waals surface area contributed by atoms with Gasteiger partial charge in [-0.2, -0.15) is 0 Å². The van der Waals surface area contributed by atoms with Gasteiger partial charge in [0.2, 0.25) is 11.8 Å². The van der Waals surface area contributed by atoms with Crippen molar-refractivity contribution in [1.82, 2.24) is 9.80 Å². The summed E-state index contributed by atoms with van der Waals surface area (Å²) in [6.07, 6.45) is 4.88. The molecule has 1 unspecified atom stereocenters. The van der Waals surface area contributed by atoms with Crippen molar-refractivity contribution in [2.45, 2.75) is 52.9 Å². The van der Waals surface area contributed by atoms with Crippen LogP contribution in [0.1, 0.15) is 52.9 Å². The number of hydrogen-bond acceptors (Lipinski definition) is 2. The summed E-state index contributed by atoms with van der Waals surface area (Å²) in [4.78, 5) is 27.4. The summed E-state index contributed by atoms with van der Waals surface area (Å²) in [6.45, 7) is 9.00. The monoisotopic (exact) mass is 268 g/mol. The first kappa shape index (κ1) is 16.0. The van der Waals surface area contributed by atoms with Crippen LogP contribution in [0.4, 0.5) is 0 Å². The maximum atomic E-state index is 12.1. The Kier molecular flexibility index (Phi) is 6.89. The van der Waals surface area contributed by atoms with Crippen LogP contribution in [0.2, 0.25) is 0 Å². The number of carbonyl (C=O) groups excluding carboxylic acids is 2. The van der Waals surface area contributed by atoms with Crippen molar-refractivity contribution in [3.8, 4) is 0 Å². The van der Waals surface area contributed by atoms with E-state index < -0.39 is 0 Å². The van der Waals surface area contributed by atoms with Gasteiger partial charge in [-0.3, -0.25) is 9.59 Å². The highest BCUT2D eigenvalue weighted by Crippen LogP contribution is 2.16. The zero-order valence-electron chi connectivity index (χ0n) is 12.7. The Morgan fingerprint density at radius 3 is 2.63 bits per heavy atom. The molecular weight excluding hydrogens is 240 g/mol. The molecule has 19 heavy (non-hydrogen) atoms. The summed E-state index contributed by atoms with van der Waals surface area (Å²) in [5, 5.41) is 0. The number of amides is 2. The molecular formula is C15H28N2O2. The second-order valence-corrected chi connectivity index (χ2v) is 5.70. The Hall–Kier alpha value is -1.06. The Labute approximate surface area is 117 Å². The molecule has 0 N–H and O–H groups in total. The van der Waals surface area contributed by atoms with E-state index in [0.29, 0.717) is 18.9 Å². The van der Waals surface area contributed by atoms with E-state index in [9.17, 15) is 9.59 Å². The van der Waals surface area contributed by atoms with Crippen molar-refractivity contribution >= 4 is 11.8 Å². The van der Waals surface area contributed by atoms with Crippen molar-refractivity contribution in [3.05, 3.63) is 0 Å². The largest absolute Gasteiger partial charge is 0.342 e. The van der Waals surface area contributed by atoms with Crippen LogP contribution in [-0.2, 0) is 9.59 Å². The van der Waals surface area contributed by atoms with Gasteiger partial charge in [-0.15, -0.1) is 0 Å². The van der Waals surface area contributed by atoms with Crippen molar-refractivity contribution in [1.29, 1.82) is 0 Å². The van der Waals surface area contributed by atoms with Crippen LogP contribution in [0.3, 0.4) is 0 Å². The van der Waals surface area contributed by atoms with Gasteiger partial charge in [-0.05, 0) is 25.2 Å².